The van der Waals surface area contributed by atoms with Crippen molar-refractivity contribution in [2.45, 2.75) is 0 Å². The van der Waals surface area contributed by atoms with Gasteiger partial charge >= 0.3 is 0 Å². The van der Waals surface area contributed by atoms with Gasteiger partial charge in [0.05, 0.1) is 23.4 Å². The molecule has 1 aliphatic rings. The van der Waals surface area contributed by atoms with Crippen LogP contribution in [0.3, 0.4) is 0 Å². The minimum atomic E-state index is -0.449. The lowest BCUT2D eigenvalue weighted by Gasteiger charge is -2.13. The highest BCUT2D eigenvalue weighted by Gasteiger charge is 2.30. The molecule has 27 heavy (non-hydrogen) atoms. The van der Waals surface area contributed by atoms with Crippen LogP contribution >= 0.6 is 11.3 Å². The summed E-state index contributed by atoms with van der Waals surface area (Å²) in [5.41, 5.74) is 9.14. The van der Waals surface area contributed by atoms with Crippen molar-refractivity contribution in [2.24, 2.45) is 0 Å². The van der Waals surface area contributed by atoms with Crippen LogP contribution in [0.1, 0.15) is 0 Å². The number of fused-ring (bicyclic) bond motifs is 1. The number of aliphatic hydroxyl groups is 1. The summed E-state index contributed by atoms with van der Waals surface area (Å²) in [6.07, 6.45) is 1.24. The second kappa shape index (κ2) is 6.82. The second-order valence-electron chi connectivity index (χ2n) is 6.03. The fourth-order valence-electron chi connectivity index (χ4n) is 2.86. The number of hydrogen-bond acceptors (Lipinski definition) is 7. The Balaban J connectivity index is 1.60. The van der Waals surface area contributed by atoms with Crippen LogP contribution in [0, 0.1) is 0 Å². The van der Waals surface area contributed by atoms with E-state index in [-0.39, 0.29) is 18.8 Å². The van der Waals surface area contributed by atoms with Crippen molar-refractivity contribution < 1.29 is 14.7 Å². The number of imide groups is 1. The van der Waals surface area contributed by atoms with Gasteiger partial charge in [0.25, 0.3) is 11.8 Å². The molecule has 8 heteroatoms. The summed E-state index contributed by atoms with van der Waals surface area (Å²) >= 11 is 1.53. The number of nitrogens with one attached hydrogen (secondary N) is 1. The van der Waals surface area contributed by atoms with Gasteiger partial charge < -0.3 is 16.2 Å². The molecule has 0 aliphatic carbocycles. The van der Waals surface area contributed by atoms with Crippen LogP contribution in [0.25, 0.3) is 20.8 Å². The van der Waals surface area contributed by atoms with Crippen LogP contribution in [-0.4, -0.2) is 40.0 Å². The summed E-state index contributed by atoms with van der Waals surface area (Å²) in [6, 6.07) is 13.1. The molecule has 1 aliphatic heterocycles. The Bertz CT molecular complexity index is 1090. The number of aliphatic hydroxyl groups excluding tert-OH is 1. The molecule has 0 spiro atoms. The van der Waals surface area contributed by atoms with Crippen molar-refractivity contribution in [2.75, 3.05) is 24.2 Å². The van der Waals surface area contributed by atoms with Gasteiger partial charge in [0, 0.05) is 23.0 Å². The fraction of sp³-hybridized carbons (Fsp3) is 0.105. The number of benzene rings is 2. The Kier molecular flexibility index (Phi) is 4.35. The van der Waals surface area contributed by atoms with Crippen LogP contribution < -0.4 is 11.1 Å². The third-order valence-corrected chi connectivity index (χ3v) is 5.20. The lowest BCUT2D eigenvalue weighted by atomic mass is 10.2. The first-order valence-electron chi connectivity index (χ1n) is 8.27. The lowest BCUT2D eigenvalue weighted by molar-refractivity contribution is -0.137. The normalized spacial score (nSPS) is 14.1. The van der Waals surface area contributed by atoms with Gasteiger partial charge in [-0.1, -0.05) is 12.1 Å². The molecular formula is C19H16N4O3S. The van der Waals surface area contributed by atoms with Crippen molar-refractivity contribution in [3.63, 3.8) is 0 Å². The Morgan fingerprint density at radius 3 is 2.85 bits per heavy atom. The number of nitrogens with zero attached hydrogens (tertiary/aromatic N) is 2. The summed E-state index contributed by atoms with van der Waals surface area (Å²) in [4.78, 5) is 29.7. The molecule has 3 aromatic rings. The maximum atomic E-state index is 12.3. The van der Waals surface area contributed by atoms with Gasteiger partial charge in [-0.05, 0) is 30.3 Å². The van der Waals surface area contributed by atoms with Crippen LogP contribution in [-0.2, 0) is 9.59 Å². The Labute approximate surface area is 158 Å². The van der Waals surface area contributed by atoms with Crippen molar-refractivity contribution in [1.29, 1.82) is 0 Å². The predicted octanol–water partition coefficient (Wildman–Crippen LogP) is 2.20. The lowest BCUT2D eigenvalue weighted by Crippen LogP contribution is -2.34. The molecule has 0 unspecified atom stereocenters. The zero-order valence-corrected chi connectivity index (χ0v) is 15.0. The Morgan fingerprint density at radius 1 is 1.19 bits per heavy atom. The van der Waals surface area contributed by atoms with E-state index >= 15 is 0 Å². The van der Waals surface area contributed by atoms with E-state index < -0.39 is 11.8 Å². The number of amides is 2. The van der Waals surface area contributed by atoms with E-state index in [9.17, 15) is 9.59 Å². The van der Waals surface area contributed by atoms with E-state index in [1.165, 1.54) is 17.4 Å². The van der Waals surface area contributed by atoms with Crippen LogP contribution in [0.4, 0.5) is 11.4 Å². The average molecular weight is 380 g/mol. The maximum absolute atomic E-state index is 12.3. The van der Waals surface area contributed by atoms with E-state index in [0.29, 0.717) is 11.4 Å². The van der Waals surface area contributed by atoms with Gasteiger partial charge in [-0.15, -0.1) is 11.3 Å². The zero-order valence-electron chi connectivity index (χ0n) is 14.2. The summed E-state index contributed by atoms with van der Waals surface area (Å²) in [6.45, 7) is -0.287. The summed E-state index contributed by atoms with van der Waals surface area (Å²) in [5, 5.41) is 12.8. The van der Waals surface area contributed by atoms with Gasteiger partial charge in [0.15, 0.2) is 0 Å². The second-order valence-corrected chi connectivity index (χ2v) is 7.06. The van der Waals surface area contributed by atoms with E-state index in [0.717, 1.165) is 25.7 Å². The van der Waals surface area contributed by atoms with Crippen LogP contribution in [0.15, 0.2) is 54.2 Å². The van der Waals surface area contributed by atoms with Gasteiger partial charge in [0.2, 0.25) is 0 Å². The van der Waals surface area contributed by atoms with E-state index in [1.807, 2.05) is 42.5 Å². The number of carbonyl (C=O) groups is 2. The van der Waals surface area contributed by atoms with Crippen molar-refractivity contribution >= 4 is 44.7 Å². The number of β-amino-alcohol motifs (C(OH)–C–C–N with tert-alkyl or cyclic N) is 1. The summed E-state index contributed by atoms with van der Waals surface area (Å²) in [7, 11) is 0. The third kappa shape index (κ3) is 3.27. The number of nitrogen functional groups attached to an aromatic ring is 1. The molecule has 0 saturated carbocycles. The van der Waals surface area contributed by atoms with Crippen LogP contribution in [0.2, 0.25) is 0 Å². The average Bonchev–Trinajstić information content (AvgIpc) is 3.18. The standard InChI is InChI=1S/C19H16N4O3S/c20-12-4-5-14-16(9-12)27-18(22-14)11-2-1-3-13(8-11)21-15-10-17(25)23(6-7-24)19(15)26/h1-5,8-10,21,24H,6-7,20H2. The molecule has 136 valence electrons. The molecule has 2 amide bonds. The molecule has 0 fully saturated rings. The first-order chi connectivity index (χ1) is 13.0. The summed E-state index contributed by atoms with van der Waals surface area (Å²) < 4.78 is 1.00. The quantitative estimate of drug-likeness (QED) is 0.463. The number of anilines is 2. The molecular weight excluding hydrogens is 364 g/mol. The van der Waals surface area contributed by atoms with Crippen molar-refractivity contribution in [1.82, 2.24) is 9.88 Å². The minimum absolute atomic E-state index is 0.0196. The summed E-state index contributed by atoms with van der Waals surface area (Å²) in [5.74, 6) is -0.883. The Morgan fingerprint density at radius 2 is 2.04 bits per heavy atom. The molecule has 0 atom stereocenters. The van der Waals surface area contributed by atoms with E-state index in [2.05, 4.69) is 10.3 Å². The fourth-order valence-corrected chi connectivity index (χ4v) is 3.87. The number of carbonyl (C=O) groups excluding carboxylic acids is 2. The van der Waals surface area contributed by atoms with Gasteiger partial charge in [0.1, 0.15) is 10.7 Å². The first kappa shape index (κ1) is 17.2. The van der Waals surface area contributed by atoms with E-state index in [4.69, 9.17) is 10.8 Å². The Hall–Kier alpha value is -3.23. The van der Waals surface area contributed by atoms with Gasteiger partial charge in [-0.2, -0.15) is 0 Å². The molecule has 4 N–H and O–H groups in total. The SMILES string of the molecule is Nc1ccc2nc(-c3cccc(NC4=CC(=O)N(CCO)C4=O)c3)sc2c1. The highest BCUT2D eigenvalue weighted by Crippen LogP contribution is 2.32. The van der Waals surface area contributed by atoms with Crippen LogP contribution in [0.5, 0.6) is 0 Å². The third-order valence-electron chi connectivity index (χ3n) is 4.13. The maximum Gasteiger partial charge on any atom is 0.277 e. The smallest absolute Gasteiger partial charge is 0.277 e. The van der Waals surface area contributed by atoms with Gasteiger partial charge in [-0.3, -0.25) is 14.5 Å². The highest BCUT2D eigenvalue weighted by atomic mass is 32.1. The topological polar surface area (TPSA) is 109 Å². The number of aromatic nitrogens is 1. The highest BCUT2D eigenvalue weighted by molar-refractivity contribution is 7.21. The van der Waals surface area contributed by atoms with E-state index in [1.54, 1.807) is 0 Å². The largest absolute Gasteiger partial charge is 0.399 e. The van der Waals surface area contributed by atoms with Crippen molar-refractivity contribution in [3.8, 4) is 10.6 Å². The molecule has 2 heterocycles. The molecule has 7 nitrogen and oxygen atoms in total. The number of nitrogens with two attached hydrogens (primary N) is 1. The molecule has 0 saturated heterocycles. The first-order valence-corrected chi connectivity index (χ1v) is 9.09. The number of hydrogen-bond donors (Lipinski definition) is 3. The molecule has 1 aromatic heterocycles. The number of rotatable bonds is 5. The van der Waals surface area contributed by atoms with Crippen molar-refractivity contribution in [3.05, 3.63) is 54.2 Å². The molecule has 2 aromatic carbocycles. The van der Waals surface area contributed by atoms with Gasteiger partial charge in [-0.25, -0.2) is 4.98 Å². The minimum Gasteiger partial charge on any atom is -0.399 e. The molecule has 0 bridgehead atoms. The monoisotopic (exact) mass is 380 g/mol. The zero-order chi connectivity index (χ0) is 19.0. The molecule has 4 rings (SSSR count). The number of thiazole rings is 1. The predicted molar refractivity (Wildman–Crippen MR) is 105 cm³/mol. The molecule has 0 radical (unpaired) electrons.